The third-order valence-electron chi connectivity index (χ3n) is 6.69. The molecule has 0 amide bonds. The molecule has 12 heteroatoms. The summed E-state index contributed by atoms with van der Waals surface area (Å²) in [5, 5.41) is 11.0. The molecule has 9 nitrogen and oxygen atoms in total. The molecule has 0 aromatic heterocycles. The summed E-state index contributed by atoms with van der Waals surface area (Å²) < 4.78 is 61.8. The monoisotopic (exact) mass is 677 g/mol. The highest BCUT2D eigenvalue weighted by Gasteiger charge is 2.28. The van der Waals surface area contributed by atoms with Gasteiger partial charge in [-0.25, -0.2) is 8.42 Å². The summed E-state index contributed by atoms with van der Waals surface area (Å²) in [7, 11) is -9.34. The third-order valence-corrected chi connectivity index (χ3v) is 11.0. The first-order chi connectivity index (χ1) is 21.6. The van der Waals surface area contributed by atoms with Crippen molar-refractivity contribution in [1.82, 2.24) is 0 Å². The lowest BCUT2D eigenvalue weighted by Crippen LogP contribution is -2.11. The van der Waals surface area contributed by atoms with E-state index in [9.17, 15) is 31.5 Å². The molecular formula is C34H31NO8S3. The molecule has 0 heterocycles. The molecule has 0 N–H and O–H groups in total. The summed E-state index contributed by atoms with van der Waals surface area (Å²) in [4.78, 5) is 13.0. The van der Waals surface area contributed by atoms with Crippen LogP contribution in [0.2, 0.25) is 0 Å². The van der Waals surface area contributed by atoms with Crippen LogP contribution in [-0.4, -0.2) is 26.3 Å². The van der Waals surface area contributed by atoms with Crippen LogP contribution >= 0.6 is 0 Å². The number of hydrogen-bond acceptors (Lipinski definition) is 8. The van der Waals surface area contributed by atoms with E-state index in [0.717, 1.165) is 17.7 Å². The SMILES string of the molecule is Cc1ccc(S(=O)(=O)Oc2ccc(S(=O)(=O)[O-])cc2[N+](=O)[O-])cc1.Cc1ccc([S+](c2ccc(C)cc2)c2ccc(C)cc2)cc1. The Morgan fingerprint density at radius 1 is 0.565 bits per heavy atom. The van der Waals surface area contributed by atoms with Gasteiger partial charge in [-0.15, -0.1) is 0 Å². The Morgan fingerprint density at radius 3 is 1.26 bits per heavy atom. The number of aryl methyl sites for hydroxylation is 4. The summed E-state index contributed by atoms with van der Waals surface area (Å²) in [6.07, 6.45) is 0. The summed E-state index contributed by atoms with van der Waals surface area (Å²) in [5.74, 6) is -0.701. The minimum absolute atomic E-state index is 0.0394. The second kappa shape index (κ2) is 14.3. The van der Waals surface area contributed by atoms with Gasteiger partial charge in [0.2, 0.25) is 5.75 Å². The molecule has 0 radical (unpaired) electrons. The van der Waals surface area contributed by atoms with Crippen molar-refractivity contribution in [3.8, 4) is 5.75 Å². The lowest BCUT2D eigenvalue weighted by Gasteiger charge is -2.10. The van der Waals surface area contributed by atoms with E-state index in [1.807, 2.05) is 0 Å². The molecule has 0 aliphatic rings. The molecule has 0 saturated carbocycles. The smallest absolute Gasteiger partial charge is 0.339 e. The van der Waals surface area contributed by atoms with Gasteiger partial charge in [0.15, 0.2) is 14.7 Å². The van der Waals surface area contributed by atoms with Crippen LogP contribution in [0, 0.1) is 37.8 Å². The van der Waals surface area contributed by atoms with Crippen molar-refractivity contribution < 1.29 is 30.5 Å². The van der Waals surface area contributed by atoms with Gasteiger partial charge in [-0.2, -0.15) is 8.42 Å². The van der Waals surface area contributed by atoms with Gasteiger partial charge >= 0.3 is 15.8 Å². The van der Waals surface area contributed by atoms with Crippen molar-refractivity contribution >= 4 is 36.8 Å². The summed E-state index contributed by atoms with van der Waals surface area (Å²) in [5.41, 5.74) is 3.76. The van der Waals surface area contributed by atoms with Crippen molar-refractivity contribution in [2.75, 3.05) is 0 Å². The Kier molecular flexibility index (Phi) is 10.7. The zero-order chi connectivity index (χ0) is 33.6. The molecule has 0 fully saturated rings. The Bertz CT molecular complexity index is 1940. The fourth-order valence-corrected chi connectivity index (χ4v) is 7.64. The van der Waals surface area contributed by atoms with E-state index < -0.39 is 41.5 Å². The predicted octanol–water partition coefficient (Wildman–Crippen LogP) is 7.28. The molecule has 0 bridgehead atoms. The van der Waals surface area contributed by atoms with E-state index in [1.165, 1.54) is 55.6 Å². The molecule has 5 aromatic rings. The highest BCUT2D eigenvalue weighted by Crippen LogP contribution is 2.33. The predicted molar refractivity (Wildman–Crippen MR) is 176 cm³/mol. The van der Waals surface area contributed by atoms with Crippen LogP contribution in [0.25, 0.3) is 0 Å². The molecule has 0 spiro atoms. The molecule has 5 aromatic carbocycles. The summed E-state index contributed by atoms with van der Waals surface area (Å²) in [6, 6.07) is 34.3. The fourth-order valence-electron chi connectivity index (χ4n) is 4.17. The van der Waals surface area contributed by atoms with Crippen LogP contribution in [-0.2, 0) is 31.1 Å². The molecule has 0 saturated heterocycles. The van der Waals surface area contributed by atoms with Gasteiger partial charge in [-0.05, 0) is 88.4 Å². The molecule has 0 aliphatic heterocycles. The Hall–Kier alpha value is -4.49. The largest absolute Gasteiger partial charge is 0.744 e. The zero-order valence-corrected chi connectivity index (χ0v) is 27.9. The van der Waals surface area contributed by atoms with E-state index in [4.69, 9.17) is 4.18 Å². The molecular weight excluding hydrogens is 647 g/mol. The van der Waals surface area contributed by atoms with Crippen molar-refractivity contribution in [3.63, 3.8) is 0 Å². The number of rotatable bonds is 8. The van der Waals surface area contributed by atoms with E-state index in [1.54, 1.807) is 6.92 Å². The zero-order valence-electron chi connectivity index (χ0n) is 25.4. The molecule has 0 unspecified atom stereocenters. The minimum atomic E-state index is -4.94. The topological polar surface area (TPSA) is 144 Å². The Labute approximate surface area is 271 Å². The van der Waals surface area contributed by atoms with Crippen molar-refractivity contribution in [2.24, 2.45) is 0 Å². The second-order valence-corrected chi connectivity index (χ2v) is 15.4. The van der Waals surface area contributed by atoms with E-state index in [0.29, 0.717) is 6.07 Å². The van der Waals surface area contributed by atoms with E-state index in [-0.39, 0.29) is 15.8 Å². The van der Waals surface area contributed by atoms with Crippen molar-refractivity contribution in [3.05, 3.63) is 148 Å². The number of nitrogens with zero attached hydrogens (tertiary/aromatic N) is 1. The van der Waals surface area contributed by atoms with Crippen LogP contribution in [0.15, 0.2) is 140 Å². The molecule has 46 heavy (non-hydrogen) atoms. The Morgan fingerprint density at radius 2 is 0.913 bits per heavy atom. The minimum Gasteiger partial charge on any atom is -0.744 e. The number of nitro groups is 1. The van der Waals surface area contributed by atoms with Gasteiger partial charge < -0.3 is 8.74 Å². The molecule has 5 rings (SSSR count). The van der Waals surface area contributed by atoms with E-state index in [2.05, 4.69) is 93.6 Å². The van der Waals surface area contributed by atoms with Gasteiger partial charge in [0, 0.05) is 6.07 Å². The van der Waals surface area contributed by atoms with Crippen molar-refractivity contribution in [1.29, 1.82) is 0 Å². The van der Waals surface area contributed by atoms with Crippen LogP contribution in [0.5, 0.6) is 5.75 Å². The summed E-state index contributed by atoms with van der Waals surface area (Å²) in [6.45, 7) is 8.16. The van der Waals surface area contributed by atoms with Crippen LogP contribution in [0.3, 0.4) is 0 Å². The average molecular weight is 678 g/mol. The third kappa shape index (κ3) is 8.82. The van der Waals surface area contributed by atoms with Crippen LogP contribution < -0.4 is 4.18 Å². The second-order valence-electron chi connectivity index (χ2n) is 10.4. The summed E-state index contributed by atoms with van der Waals surface area (Å²) >= 11 is 0. The van der Waals surface area contributed by atoms with Gasteiger partial charge in [0.1, 0.15) is 15.0 Å². The highest BCUT2D eigenvalue weighted by atomic mass is 32.2. The lowest BCUT2D eigenvalue weighted by molar-refractivity contribution is -0.385. The Balaban J connectivity index is 0.000000209. The molecule has 0 aliphatic carbocycles. The molecule has 0 atom stereocenters. The van der Waals surface area contributed by atoms with E-state index >= 15 is 0 Å². The first-order valence-corrected chi connectivity index (χ1v) is 17.9. The van der Waals surface area contributed by atoms with Crippen molar-refractivity contribution in [2.45, 2.75) is 52.2 Å². The molecule has 238 valence electrons. The first-order valence-electron chi connectivity index (χ1n) is 13.8. The quantitative estimate of drug-likeness (QED) is 0.0548. The average Bonchev–Trinajstić information content (AvgIpc) is 3.00. The maximum atomic E-state index is 12.1. The highest BCUT2D eigenvalue weighted by molar-refractivity contribution is 7.97. The van der Waals surface area contributed by atoms with Gasteiger partial charge in [-0.1, -0.05) is 70.8 Å². The van der Waals surface area contributed by atoms with Gasteiger partial charge in [0.25, 0.3) is 0 Å². The maximum absolute atomic E-state index is 12.1. The first kappa shape index (κ1) is 34.4. The normalized spacial score (nSPS) is 11.4. The number of nitro benzene ring substituents is 1. The fraction of sp³-hybridized carbons (Fsp3) is 0.118. The van der Waals surface area contributed by atoms with Crippen LogP contribution in [0.1, 0.15) is 22.3 Å². The standard InChI is InChI=1S/C21H21S.C13H11NO8S2/c1-16-4-10-19(11-5-16)22(20-12-6-17(2)7-13-20)21-14-8-18(3)9-15-21;1-9-2-4-10(5-3-9)24(20,21)22-13-7-6-11(23(17,18)19)8-12(13)14(15)16/h4-15H,1-3H3;2-8H,1H3,(H,17,18,19)/q+1;/p-1. The number of benzene rings is 5. The van der Waals surface area contributed by atoms with Gasteiger partial charge in [-0.3, -0.25) is 10.1 Å². The van der Waals surface area contributed by atoms with Crippen LogP contribution in [0.4, 0.5) is 5.69 Å². The lowest BCUT2D eigenvalue weighted by atomic mass is 10.2. The number of hydrogen-bond donors (Lipinski definition) is 0. The maximum Gasteiger partial charge on any atom is 0.339 e. The van der Waals surface area contributed by atoms with Gasteiger partial charge in [0.05, 0.1) is 20.7 Å².